The Balaban J connectivity index is 1.73. The number of nitrogens with zero attached hydrogens (tertiary/aromatic N) is 1. The summed E-state index contributed by atoms with van der Waals surface area (Å²) in [6.45, 7) is 0. The maximum Gasteiger partial charge on any atom is 0.241 e. The second kappa shape index (κ2) is 3.95. The molecule has 0 aromatic heterocycles. The zero-order chi connectivity index (χ0) is 13.9. The molecule has 20 heavy (non-hydrogen) atoms. The van der Waals surface area contributed by atoms with Crippen molar-refractivity contribution in [3.63, 3.8) is 0 Å². The molecule has 3 nitrogen and oxygen atoms in total. The summed E-state index contributed by atoms with van der Waals surface area (Å²) < 4.78 is 0. The van der Waals surface area contributed by atoms with Crippen LogP contribution in [0.5, 0.6) is 0 Å². The van der Waals surface area contributed by atoms with E-state index in [2.05, 4.69) is 12.2 Å². The molecule has 4 rings (SSSR count). The van der Waals surface area contributed by atoms with Gasteiger partial charge in [-0.25, -0.2) is 0 Å². The fourth-order valence-electron chi connectivity index (χ4n) is 4.02. The van der Waals surface area contributed by atoms with Crippen LogP contribution in [0.2, 0.25) is 5.02 Å². The molecule has 3 aliphatic rings. The van der Waals surface area contributed by atoms with Gasteiger partial charge in [0.1, 0.15) is 0 Å². The van der Waals surface area contributed by atoms with Crippen LogP contribution in [0, 0.1) is 17.3 Å². The smallest absolute Gasteiger partial charge is 0.241 e. The Labute approximate surface area is 122 Å². The largest absolute Gasteiger partial charge is 0.274 e. The first-order valence-corrected chi connectivity index (χ1v) is 7.29. The van der Waals surface area contributed by atoms with Gasteiger partial charge in [0.2, 0.25) is 11.8 Å². The Morgan fingerprint density at radius 3 is 2.50 bits per heavy atom. The van der Waals surface area contributed by atoms with Gasteiger partial charge in [-0.1, -0.05) is 23.8 Å². The van der Waals surface area contributed by atoms with E-state index in [0.29, 0.717) is 23.0 Å². The minimum Gasteiger partial charge on any atom is -0.274 e. The van der Waals surface area contributed by atoms with Crippen LogP contribution in [0.1, 0.15) is 19.3 Å². The van der Waals surface area contributed by atoms with Crippen LogP contribution < -0.4 is 4.90 Å². The molecule has 1 aromatic carbocycles. The lowest BCUT2D eigenvalue weighted by Gasteiger charge is -2.28. The van der Waals surface area contributed by atoms with Crippen LogP contribution >= 0.6 is 11.6 Å². The molecule has 0 radical (unpaired) electrons. The first-order valence-electron chi connectivity index (χ1n) is 6.91. The van der Waals surface area contributed by atoms with Crippen molar-refractivity contribution in [1.82, 2.24) is 0 Å². The van der Waals surface area contributed by atoms with Crippen molar-refractivity contribution in [3.8, 4) is 0 Å². The van der Waals surface area contributed by atoms with Crippen LogP contribution in [0.4, 0.5) is 5.69 Å². The van der Waals surface area contributed by atoms with Crippen molar-refractivity contribution >= 4 is 29.1 Å². The van der Waals surface area contributed by atoms with Crippen LogP contribution in [0.25, 0.3) is 0 Å². The SMILES string of the molecule is O=C1C[C@]2(C[C@H]3C=C[C@H]2C3)C(=O)N1c1ccc(Cl)cc1. The first-order chi connectivity index (χ1) is 9.60. The quantitative estimate of drug-likeness (QED) is 0.588. The van der Waals surface area contributed by atoms with E-state index in [-0.39, 0.29) is 17.7 Å². The molecule has 0 unspecified atom stereocenters. The first kappa shape index (κ1) is 12.2. The zero-order valence-corrected chi connectivity index (χ0v) is 11.6. The number of allylic oxidation sites excluding steroid dienone is 2. The van der Waals surface area contributed by atoms with Gasteiger partial charge in [0.05, 0.1) is 11.1 Å². The highest BCUT2D eigenvalue weighted by Crippen LogP contribution is 2.57. The van der Waals surface area contributed by atoms with Gasteiger partial charge in [0.15, 0.2) is 0 Å². The van der Waals surface area contributed by atoms with E-state index in [4.69, 9.17) is 11.6 Å². The van der Waals surface area contributed by atoms with Gasteiger partial charge in [-0.05, 0) is 48.9 Å². The monoisotopic (exact) mass is 287 g/mol. The van der Waals surface area contributed by atoms with Gasteiger partial charge >= 0.3 is 0 Å². The fourth-order valence-corrected chi connectivity index (χ4v) is 4.14. The maximum absolute atomic E-state index is 12.9. The average Bonchev–Trinajstić information content (AvgIpc) is 3.07. The van der Waals surface area contributed by atoms with E-state index >= 15 is 0 Å². The van der Waals surface area contributed by atoms with Gasteiger partial charge in [0, 0.05) is 11.4 Å². The molecular formula is C16H14ClNO2. The normalized spacial score (nSPS) is 34.8. The topological polar surface area (TPSA) is 37.4 Å². The number of hydrogen-bond donors (Lipinski definition) is 0. The fraction of sp³-hybridized carbons (Fsp3) is 0.375. The highest BCUT2D eigenvalue weighted by molar-refractivity contribution is 6.30. The summed E-state index contributed by atoms with van der Waals surface area (Å²) in [5.41, 5.74) is 0.156. The Morgan fingerprint density at radius 2 is 1.90 bits per heavy atom. The number of anilines is 1. The van der Waals surface area contributed by atoms with Gasteiger partial charge in [0.25, 0.3) is 0 Å². The lowest BCUT2D eigenvalue weighted by Crippen LogP contribution is -2.38. The third-order valence-electron chi connectivity index (χ3n) is 4.94. The Kier molecular flexibility index (Phi) is 2.40. The number of imide groups is 1. The van der Waals surface area contributed by atoms with E-state index < -0.39 is 5.41 Å². The van der Waals surface area contributed by atoms with Crippen LogP contribution in [-0.2, 0) is 9.59 Å². The summed E-state index contributed by atoms with van der Waals surface area (Å²) >= 11 is 5.87. The third-order valence-corrected chi connectivity index (χ3v) is 5.19. The van der Waals surface area contributed by atoms with E-state index in [1.807, 2.05) is 0 Å². The summed E-state index contributed by atoms with van der Waals surface area (Å²) in [5, 5.41) is 0.602. The van der Waals surface area contributed by atoms with Crippen LogP contribution in [0.15, 0.2) is 36.4 Å². The number of amides is 2. The molecule has 102 valence electrons. The Bertz CT molecular complexity index is 636. The van der Waals surface area contributed by atoms with Gasteiger partial charge in [-0.15, -0.1) is 0 Å². The summed E-state index contributed by atoms with van der Waals surface area (Å²) in [5.74, 6) is 0.600. The van der Waals surface area contributed by atoms with Crippen molar-refractivity contribution in [3.05, 3.63) is 41.4 Å². The molecular weight excluding hydrogens is 274 g/mol. The van der Waals surface area contributed by atoms with E-state index in [1.165, 1.54) is 4.90 Å². The summed E-state index contributed by atoms with van der Waals surface area (Å²) in [4.78, 5) is 26.6. The van der Waals surface area contributed by atoms with E-state index in [1.54, 1.807) is 24.3 Å². The molecule has 4 heteroatoms. The predicted molar refractivity (Wildman–Crippen MR) is 76.3 cm³/mol. The Morgan fingerprint density at radius 1 is 1.15 bits per heavy atom. The molecule has 1 heterocycles. The lowest BCUT2D eigenvalue weighted by molar-refractivity contribution is -0.126. The molecule has 1 saturated heterocycles. The van der Waals surface area contributed by atoms with Crippen molar-refractivity contribution in [2.75, 3.05) is 4.90 Å². The number of rotatable bonds is 1. The van der Waals surface area contributed by atoms with Crippen molar-refractivity contribution < 1.29 is 9.59 Å². The van der Waals surface area contributed by atoms with Crippen molar-refractivity contribution in [2.24, 2.45) is 17.3 Å². The molecule has 2 bridgehead atoms. The minimum atomic E-state index is -0.476. The second-order valence-corrected chi connectivity index (χ2v) is 6.47. The molecule has 1 saturated carbocycles. The molecule has 1 spiro atoms. The minimum absolute atomic E-state index is 0.0262. The molecule has 1 aromatic rings. The third kappa shape index (κ3) is 1.47. The van der Waals surface area contributed by atoms with Gasteiger partial charge in [-0.2, -0.15) is 0 Å². The average molecular weight is 288 g/mol. The number of halogens is 1. The zero-order valence-electron chi connectivity index (χ0n) is 10.9. The van der Waals surface area contributed by atoms with E-state index in [0.717, 1.165) is 12.8 Å². The summed E-state index contributed by atoms with van der Waals surface area (Å²) in [6.07, 6.45) is 6.51. The molecule has 2 aliphatic carbocycles. The molecule has 0 N–H and O–H groups in total. The van der Waals surface area contributed by atoms with Crippen LogP contribution in [-0.4, -0.2) is 11.8 Å². The van der Waals surface area contributed by atoms with Crippen LogP contribution in [0.3, 0.4) is 0 Å². The standard InChI is InChI=1S/C16H14ClNO2/c17-12-3-5-13(6-4-12)18-14(19)9-16(15(18)20)8-10-1-2-11(16)7-10/h1-6,10-11H,7-9H2/t10-,11-,16-/m0/s1. The highest BCUT2D eigenvalue weighted by atomic mass is 35.5. The van der Waals surface area contributed by atoms with E-state index in [9.17, 15) is 9.59 Å². The van der Waals surface area contributed by atoms with Crippen molar-refractivity contribution in [1.29, 1.82) is 0 Å². The predicted octanol–water partition coefficient (Wildman–Crippen LogP) is 3.19. The van der Waals surface area contributed by atoms with Gasteiger partial charge in [-0.3, -0.25) is 14.5 Å². The molecule has 2 amide bonds. The Hall–Kier alpha value is -1.61. The second-order valence-electron chi connectivity index (χ2n) is 6.03. The number of carbonyl (C=O) groups excluding carboxylic acids is 2. The lowest BCUT2D eigenvalue weighted by atomic mass is 9.74. The highest BCUT2D eigenvalue weighted by Gasteiger charge is 2.60. The summed E-state index contributed by atoms with van der Waals surface area (Å²) in [6, 6.07) is 6.90. The number of hydrogen-bond acceptors (Lipinski definition) is 2. The molecule has 2 fully saturated rings. The van der Waals surface area contributed by atoms with Gasteiger partial charge < -0.3 is 0 Å². The number of benzene rings is 1. The molecule has 3 atom stereocenters. The number of fused-ring (bicyclic) bond motifs is 3. The maximum atomic E-state index is 12.9. The van der Waals surface area contributed by atoms with Crippen molar-refractivity contribution in [2.45, 2.75) is 19.3 Å². The molecule has 1 aliphatic heterocycles. The number of carbonyl (C=O) groups is 2. The summed E-state index contributed by atoms with van der Waals surface area (Å²) in [7, 11) is 0.